The van der Waals surface area contributed by atoms with Crippen LogP contribution in [0.4, 0.5) is 0 Å². The fourth-order valence-electron chi connectivity index (χ4n) is 4.04. The van der Waals surface area contributed by atoms with Gasteiger partial charge in [-0.15, -0.1) is 0 Å². The van der Waals surface area contributed by atoms with E-state index >= 15 is 0 Å². The summed E-state index contributed by atoms with van der Waals surface area (Å²) in [6, 6.07) is 10.2. The molecule has 4 unspecified atom stereocenters. The first-order valence-electron chi connectivity index (χ1n) is 7.53. The molecule has 2 aliphatic rings. The molecule has 18 heavy (non-hydrogen) atoms. The summed E-state index contributed by atoms with van der Waals surface area (Å²) in [5.74, 6) is 2.02. The molecule has 0 heterocycles. The largest absolute Gasteiger partial charge is 0.311 e. The Morgan fingerprint density at radius 1 is 1.22 bits per heavy atom. The zero-order valence-corrected chi connectivity index (χ0v) is 11.7. The zero-order chi connectivity index (χ0) is 12.5. The minimum absolute atomic E-state index is 0.607. The molecule has 3 rings (SSSR count). The van der Waals surface area contributed by atoms with E-state index < -0.39 is 0 Å². The number of hydrogen-bond acceptors (Lipinski definition) is 1. The molecule has 1 heteroatoms. The van der Waals surface area contributed by atoms with Crippen molar-refractivity contribution in [2.75, 3.05) is 0 Å². The first-order chi connectivity index (χ1) is 8.72. The molecule has 1 N–H and O–H groups in total. The second-order valence-corrected chi connectivity index (χ2v) is 6.48. The Hall–Kier alpha value is -0.820. The summed E-state index contributed by atoms with van der Waals surface area (Å²) in [5.41, 5.74) is 2.93. The predicted octanol–water partition coefficient (Wildman–Crippen LogP) is 3.70. The van der Waals surface area contributed by atoms with Gasteiger partial charge in [-0.3, -0.25) is 0 Å². The van der Waals surface area contributed by atoms with E-state index in [1.54, 1.807) is 0 Å². The topological polar surface area (TPSA) is 12.0 Å². The molecule has 0 aliphatic heterocycles. The van der Waals surface area contributed by atoms with E-state index in [9.17, 15) is 0 Å². The van der Waals surface area contributed by atoms with Crippen LogP contribution < -0.4 is 5.32 Å². The quantitative estimate of drug-likeness (QED) is 0.850. The summed E-state index contributed by atoms with van der Waals surface area (Å²) >= 11 is 0. The highest BCUT2D eigenvalue weighted by Crippen LogP contribution is 2.44. The van der Waals surface area contributed by atoms with Crippen molar-refractivity contribution in [1.82, 2.24) is 5.32 Å². The molecule has 0 aromatic heterocycles. The molecule has 1 aromatic carbocycles. The maximum absolute atomic E-state index is 3.89. The summed E-state index contributed by atoms with van der Waals surface area (Å²) in [6.45, 7) is 4.57. The highest BCUT2D eigenvalue weighted by atomic mass is 15.0. The van der Waals surface area contributed by atoms with Crippen LogP contribution in [-0.4, -0.2) is 12.1 Å². The minimum atomic E-state index is 0.607. The molecule has 1 nitrogen and oxygen atoms in total. The molecule has 98 valence electrons. The molecule has 0 saturated heterocycles. The van der Waals surface area contributed by atoms with E-state index in [0.717, 1.165) is 17.9 Å². The summed E-state index contributed by atoms with van der Waals surface area (Å²) < 4.78 is 0. The number of rotatable bonds is 4. The first-order valence-corrected chi connectivity index (χ1v) is 7.53. The highest BCUT2D eigenvalue weighted by Gasteiger charge is 2.39. The number of fused-ring (bicyclic) bond motifs is 2. The van der Waals surface area contributed by atoms with Gasteiger partial charge in [0.25, 0.3) is 0 Å². The van der Waals surface area contributed by atoms with Gasteiger partial charge in [0.05, 0.1) is 0 Å². The van der Waals surface area contributed by atoms with Gasteiger partial charge in [0, 0.05) is 12.1 Å². The van der Waals surface area contributed by atoms with Crippen molar-refractivity contribution in [3.05, 3.63) is 35.4 Å². The van der Waals surface area contributed by atoms with Gasteiger partial charge >= 0.3 is 0 Å². The van der Waals surface area contributed by atoms with Crippen LogP contribution in [0.5, 0.6) is 0 Å². The maximum Gasteiger partial charge on any atom is 0.0101 e. The van der Waals surface area contributed by atoms with Crippen molar-refractivity contribution in [2.45, 2.75) is 58.0 Å². The van der Waals surface area contributed by atoms with E-state index in [1.165, 1.54) is 43.2 Å². The highest BCUT2D eigenvalue weighted by molar-refractivity contribution is 5.26. The third-order valence-corrected chi connectivity index (χ3v) is 5.02. The average molecular weight is 243 g/mol. The van der Waals surface area contributed by atoms with E-state index in [-0.39, 0.29) is 0 Å². The molecule has 1 aromatic rings. The van der Waals surface area contributed by atoms with Gasteiger partial charge in [-0.25, -0.2) is 0 Å². The SMILES string of the molecule is Cc1ccccc1CC(C)NC1CC2CCC1C2. The lowest BCUT2D eigenvalue weighted by Gasteiger charge is -2.27. The smallest absolute Gasteiger partial charge is 0.0101 e. The van der Waals surface area contributed by atoms with Gasteiger partial charge in [-0.1, -0.05) is 30.7 Å². The molecule has 2 saturated carbocycles. The van der Waals surface area contributed by atoms with Gasteiger partial charge in [0.2, 0.25) is 0 Å². The Kier molecular flexibility index (Phi) is 3.43. The lowest BCUT2D eigenvalue weighted by atomic mass is 9.93. The van der Waals surface area contributed by atoms with Crippen molar-refractivity contribution >= 4 is 0 Å². The molecule has 0 spiro atoms. The van der Waals surface area contributed by atoms with Crippen LogP contribution in [0.25, 0.3) is 0 Å². The third kappa shape index (κ3) is 2.47. The lowest BCUT2D eigenvalue weighted by Crippen LogP contribution is -2.41. The third-order valence-electron chi connectivity index (χ3n) is 5.02. The van der Waals surface area contributed by atoms with Crippen LogP contribution in [0.15, 0.2) is 24.3 Å². The minimum Gasteiger partial charge on any atom is -0.311 e. The Balaban J connectivity index is 1.56. The van der Waals surface area contributed by atoms with Crippen molar-refractivity contribution in [3.63, 3.8) is 0 Å². The van der Waals surface area contributed by atoms with Gasteiger partial charge in [0.1, 0.15) is 0 Å². The molecular weight excluding hydrogens is 218 g/mol. The standard InChI is InChI=1S/C17H25N/c1-12-5-3-4-6-15(12)9-13(2)18-17-11-14-7-8-16(17)10-14/h3-6,13-14,16-18H,7-11H2,1-2H3. The number of benzene rings is 1. The fraction of sp³-hybridized carbons (Fsp3) is 0.647. The summed E-state index contributed by atoms with van der Waals surface area (Å²) in [5, 5.41) is 3.89. The summed E-state index contributed by atoms with van der Waals surface area (Å²) in [7, 11) is 0. The van der Waals surface area contributed by atoms with E-state index in [1.807, 2.05) is 0 Å². The van der Waals surface area contributed by atoms with Gasteiger partial charge in [0.15, 0.2) is 0 Å². The summed E-state index contributed by atoms with van der Waals surface area (Å²) in [4.78, 5) is 0. The van der Waals surface area contributed by atoms with Gasteiger partial charge < -0.3 is 5.32 Å². The van der Waals surface area contributed by atoms with Crippen LogP contribution in [0.2, 0.25) is 0 Å². The van der Waals surface area contributed by atoms with Crippen molar-refractivity contribution in [1.29, 1.82) is 0 Å². The molecule has 2 aliphatic carbocycles. The average Bonchev–Trinajstić information content (AvgIpc) is 2.94. The molecule has 2 fully saturated rings. The second kappa shape index (κ2) is 5.05. The van der Waals surface area contributed by atoms with Crippen molar-refractivity contribution in [2.24, 2.45) is 11.8 Å². The normalized spacial score (nSPS) is 31.8. The van der Waals surface area contributed by atoms with Gasteiger partial charge in [-0.05, 0) is 62.5 Å². The van der Waals surface area contributed by atoms with Crippen LogP contribution in [-0.2, 0) is 6.42 Å². The fourth-order valence-corrected chi connectivity index (χ4v) is 4.04. The number of hydrogen-bond donors (Lipinski definition) is 1. The Bertz CT molecular complexity index is 412. The molecule has 0 radical (unpaired) electrons. The first kappa shape index (κ1) is 12.2. The Morgan fingerprint density at radius 3 is 2.72 bits per heavy atom. The lowest BCUT2D eigenvalue weighted by molar-refractivity contribution is 0.323. The van der Waals surface area contributed by atoms with Gasteiger partial charge in [-0.2, -0.15) is 0 Å². The van der Waals surface area contributed by atoms with E-state index in [4.69, 9.17) is 0 Å². The van der Waals surface area contributed by atoms with E-state index in [2.05, 4.69) is 43.4 Å². The molecule has 4 atom stereocenters. The molecule has 2 bridgehead atoms. The van der Waals surface area contributed by atoms with Crippen molar-refractivity contribution in [3.8, 4) is 0 Å². The Labute approximate surface area is 111 Å². The summed E-state index contributed by atoms with van der Waals surface area (Å²) in [6.07, 6.45) is 7.06. The molecular formula is C17H25N. The second-order valence-electron chi connectivity index (χ2n) is 6.48. The van der Waals surface area contributed by atoms with Crippen LogP contribution >= 0.6 is 0 Å². The zero-order valence-electron chi connectivity index (χ0n) is 11.7. The Morgan fingerprint density at radius 2 is 2.06 bits per heavy atom. The molecule has 0 amide bonds. The van der Waals surface area contributed by atoms with Crippen LogP contribution in [0.1, 0.15) is 43.7 Å². The van der Waals surface area contributed by atoms with Crippen LogP contribution in [0.3, 0.4) is 0 Å². The number of aryl methyl sites for hydroxylation is 1. The van der Waals surface area contributed by atoms with Crippen LogP contribution in [0, 0.1) is 18.8 Å². The van der Waals surface area contributed by atoms with E-state index in [0.29, 0.717) is 6.04 Å². The maximum atomic E-state index is 3.89. The van der Waals surface area contributed by atoms with Crippen molar-refractivity contribution < 1.29 is 0 Å². The predicted molar refractivity (Wildman–Crippen MR) is 76.7 cm³/mol. The number of nitrogens with one attached hydrogen (secondary N) is 1. The monoisotopic (exact) mass is 243 g/mol.